The summed E-state index contributed by atoms with van der Waals surface area (Å²) in [5.41, 5.74) is 0. The monoisotopic (exact) mass is 241 g/mol. The van der Waals surface area contributed by atoms with Crippen LogP contribution in [0.3, 0.4) is 0 Å². The first-order valence-electron chi connectivity index (χ1n) is 7.04. The maximum atomic E-state index is 11.0. The summed E-state index contributed by atoms with van der Waals surface area (Å²) in [5, 5.41) is 9.04. The van der Waals surface area contributed by atoms with E-state index >= 15 is 0 Å². The predicted molar refractivity (Wildman–Crippen MR) is 70.1 cm³/mol. The van der Waals surface area contributed by atoms with Gasteiger partial charge in [0, 0.05) is 12.1 Å². The third kappa shape index (κ3) is 4.30. The van der Waals surface area contributed by atoms with E-state index in [1.807, 2.05) is 0 Å². The van der Waals surface area contributed by atoms with Crippen molar-refractivity contribution in [2.45, 2.75) is 71.4 Å². The molecule has 1 rings (SSSR count). The smallest absolute Gasteiger partial charge is 0.306 e. The van der Waals surface area contributed by atoms with Gasteiger partial charge in [-0.1, -0.05) is 26.2 Å². The van der Waals surface area contributed by atoms with Crippen molar-refractivity contribution in [3.8, 4) is 0 Å². The Bertz CT molecular complexity index is 242. The van der Waals surface area contributed by atoms with Gasteiger partial charge in [-0.25, -0.2) is 0 Å². The molecule has 3 nitrogen and oxygen atoms in total. The number of hydrogen-bond donors (Lipinski definition) is 1. The fourth-order valence-corrected chi connectivity index (χ4v) is 2.92. The van der Waals surface area contributed by atoms with E-state index in [1.54, 1.807) is 0 Å². The summed E-state index contributed by atoms with van der Waals surface area (Å²) in [6, 6.07) is 1.02. The number of carbonyl (C=O) groups is 1. The van der Waals surface area contributed by atoms with Crippen LogP contribution in [0.5, 0.6) is 0 Å². The maximum absolute atomic E-state index is 11.0. The average Bonchev–Trinajstić information content (AvgIpc) is 2.28. The summed E-state index contributed by atoms with van der Waals surface area (Å²) in [6.45, 7) is 7.63. The number of carboxylic acids is 1. The van der Waals surface area contributed by atoms with Crippen molar-refractivity contribution in [1.82, 2.24) is 4.90 Å². The summed E-state index contributed by atoms with van der Waals surface area (Å²) in [7, 11) is 0. The van der Waals surface area contributed by atoms with Gasteiger partial charge in [-0.2, -0.15) is 0 Å². The number of unbranched alkanes of at least 4 members (excludes halogenated alkanes) is 2. The van der Waals surface area contributed by atoms with E-state index in [1.165, 1.54) is 25.7 Å². The lowest BCUT2D eigenvalue weighted by Crippen LogP contribution is -2.47. The van der Waals surface area contributed by atoms with Crippen LogP contribution >= 0.6 is 0 Å². The number of piperidine rings is 1. The molecule has 1 aliphatic heterocycles. The number of hydrogen-bond acceptors (Lipinski definition) is 2. The molecule has 3 unspecified atom stereocenters. The zero-order valence-corrected chi connectivity index (χ0v) is 11.5. The molecular formula is C14H27NO2. The number of nitrogens with zero attached hydrogens (tertiary/aromatic N) is 1. The van der Waals surface area contributed by atoms with Crippen LogP contribution in [0.25, 0.3) is 0 Å². The predicted octanol–water partition coefficient (Wildman–Crippen LogP) is 3.14. The molecule has 0 aromatic rings. The first-order valence-corrected chi connectivity index (χ1v) is 7.04. The Morgan fingerprint density at radius 1 is 1.47 bits per heavy atom. The van der Waals surface area contributed by atoms with Crippen molar-refractivity contribution in [1.29, 1.82) is 0 Å². The SMILES string of the molecule is CCCCCC(C)N1CCC(C(=O)O)CC1C. The third-order valence-electron chi connectivity index (χ3n) is 4.07. The summed E-state index contributed by atoms with van der Waals surface area (Å²) in [6.07, 6.45) is 6.75. The summed E-state index contributed by atoms with van der Waals surface area (Å²) < 4.78 is 0. The first kappa shape index (κ1) is 14.5. The van der Waals surface area contributed by atoms with Gasteiger partial charge in [0.15, 0.2) is 0 Å². The second-order valence-electron chi connectivity index (χ2n) is 5.49. The number of rotatable bonds is 6. The Morgan fingerprint density at radius 3 is 2.71 bits per heavy atom. The van der Waals surface area contributed by atoms with Crippen LogP contribution < -0.4 is 0 Å². The van der Waals surface area contributed by atoms with Gasteiger partial charge in [0.25, 0.3) is 0 Å². The largest absolute Gasteiger partial charge is 0.481 e. The molecule has 17 heavy (non-hydrogen) atoms. The van der Waals surface area contributed by atoms with Gasteiger partial charge in [-0.05, 0) is 39.7 Å². The van der Waals surface area contributed by atoms with Crippen molar-refractivity contribution in [3.05, 3.63) is 0 Å². The minimum absolute atomic E-state index is 0.121. The van der Waals surface area contributed by atoms with Gasteiger partial charge in [-0.15, -0.1) is 0 Å². The fraction of sp³-hybridized carbons (Fsp3) is 0.929. The van der Waals surface area contributed by atoms with Crippen LogP contribution in [0.15, 0.2) is 0 Å². The lowest BCUT2D eigenvalue weighted by Gasteiger charge is -2.40. The lowest BCUT2D eigenvalue weighted by molar-refractivity contribution is -0.144. The highest BCUT2D eigenvalue weighted by Crippen LogP contribution is 2.26. The second-order valence-corrected chi connectivity index (χ2v) is 5.49. The molecule has 1 heterocycles. The van der Waals surface area contributed by atoms with Crippen molar-refractivity contribution < 1.29 is 9.90 Å². The molecule has 3 atom stereocenters. The highest BCUT2D eigenvalue weighted by atomic mass is 16.4. The van der Waals surface area contributed by atoms with E-state index in [0.29, 0.717) is 12.1 Å². The van der Waals surface area contributed by atoms with Crippen LogP contribution in [0.4, 0.5) is 0 Å². The van der Waals surface area contributed by atoms with Gasteiger partial charge in [0.1, 0.15) is 0 Å². The molecule has 3 heteroatoms. The quantitative estimate of drug-likeness (QED) is 0.726. The highest BCUT2D eigenvalue weighted by molar-refractivity contribution is 5.70. The Balaban J connectivity index is 2.37. The van der Waals surface area contributed by atoms with Crippen LogP contribution in [-0.4, -0.2) is 34.6 Å². The van der Waals surface area contributed by atoms with Crippen LogP contribution in [0.2, 0.25) is 0 Å². The molecule has 0 bridgehead atoms. The van der Waals surface area contributed by atoms with Gasteiger partial charge >= 0.3 is 5.97 Å². The van der Waals surface area contributed by atoms with E-state index in [2.05, 4.69) is 25.7 Å². The molecule has 1 N–H and O–H groups in total. The molecular weight excluding hydrogens is 214 g/mol. The second kappa shape index (κ2) is 7.00. The molecule has 0 saturated carbocycles. The number of likely N-dealkylation sites (tertiary alicyclic amines) is 1. The highest BCUT2D eigenvalue weighted by Gasteiger charge is 2.31. The standard InChI is InChI=1S/C14H27NO2/c1-4-5-6-7-11(2)15-9-8-13(14(16)17)10-12(15)3/h11-13H,4-10H2,1-3H3,(H,16,17). The zero-order chi connectivity index (χ0) is 12.8. The van der Waals surface area contributed by atoms with Gasteiger partial charge < -0.3 is 5.11 Å². The number of aliphatic carboxylic acids is 1. The number of carboxylic acid groups (broad SMARTS) is 1. The summed E-state index contributed by atoms with van der Waals surface area (Å²) >= 11 is 0. The van der Waals surface area contributed by atoms with E-state index in [-0.39, 0.29) is 5.92 Å². The molecule has 1 aliphatic rings. The topological polar surface area (TPSA) is 40.5 Å². The lowest BCUT2D eigenvalue weighted by atomic mass is 9.90. The first-order chi connectivity index (χ1) is 8.06. The van der Waals surface area contributed by atoms with Crippen molar-refractivity contribution in [2.24, 2.45) is 5.92 Å². The van der Waals surface area contributed by atoms with Crippen molar-refractivity contribution in [2.75, 3.05) is 6.54 Å². The fourth-order valence-electron chi connectivity index (χ4n) is 2.92. The Kier molecular flexibility index (Phi) is 5.96. The van der Waals surface area contributed by atoms with E-state index < -0.39 is 5.97 Å². The molecule has 1 fully saturated rings. The molecule has 1 saturated heterocycles. The molecule has 0 amide bonds. The van der Waals surface area contributed by atoms with Crippen molar-refractivity contribution in [3.63, 3.8) is 0 Å². The van der Waals surface area contributed by atoms with E-state index in [0.717, 1.165) is 19.4 Å². The van der Waals surface area contributed by atoms with E-state index in [4.69, 9.17) is 5.11 Å². The minimum Gasteiger partial charge on any atom is -0.481 e. The van der Waals surface area contributed by atoms with E-state index in [9.17, 15) is 4.79 Å². The van der Waals surface area contributed by atoms with Crippen LogP contribution in [0, 0.1) is 5.92 Å². The van der Waals surface area contributed by atoms with Gasteiger partial charge in [0.05, 0.1) is 5.92 Å². The zero-order valence-electron chi connectivity index (χ0n) is 11.5. The molecule has 0 aromatic heterocycles. The Morgan fingerprint density at radius 2 is 2.18 bits per heavy atom. The van der Waals surface area contributed by atoms with Crippen LogP contribution in [0.1, 0.15) is 59.3 Å². The average molecular weight is 241 g/mol. The summed E-state index contributed by atoms with van der Waals surface area (Å²) in [5.74, 6) is -0.737. The van der Waals surface area contributed by atoms with Gasteiger partial charge in [0.2, 0.25) is 0 Å². The molecule has 0 aliphatic carbocycles. The van der Waals surface area contributed by atoms with Gasteiger partial charge in [-0.3, -0.25) is 9.69 Å². The molecule has 100 valence electrons. The molecule has 0 radical (unpaired) electrons. The Labute approximate surface area is 105 Å². The third-order valence-corrected chi connectivity index (χ3v) is 4.07. The molecule has 0 aromatic carbocycles. The van der Waals surface area contributed by atoms with Crippen LogP contribution in [-0.2, 0) is 4.79 Å². The van der Waals surface area contributed by atoms with Crippen molar-refractivity contribution >= 4 is 5.97 Å². The molecule has 0 spiro atoms. The minimum atomic E-state index is -0.616. The maximum Gasteiger partial charge on any atom is 0.306 e. The summed E-state index contributed by atoms with van der Waals surface area (Å²) in [4.78, 5) is 13.5. The normalized spacial score (nSPS) is 27.9. The Hall–Kier alpha value is -0.570.